The van der Waals surface area contributed by atoms with E-state index in [9.17, 15) is 22.0 Å². The summed E-state index contributed by atoms with van der Waals surface area (Å²) in [6.45, 7) is 0.663. The topological polar surface area (TPSA) is 29.5 Å². The van der Waals surface area contributed by atoms with Crippen LogP contribution in [-0.2, 0) is 4.74 Å². The number of aliphatic hydroxyl groups is 1. The zero-order valence-electron chi connectivity index (χ0n) is 7.61. The lowest BCUT2D eigenvalue weighted by atomic mass is 10.2. The van der Waals surface area contributed by atoms with Gasteiger partial charge in [0.2, 0.25) is 0 Å². The van der Waals surface area contributed by atoms with Gasteiger partial charge in [-0.15, -0.1) is 0 Å². The average Bonchev–Trinajstić information content (AvgIpc) is 1.97. The number of alkyl halides is 5. The smallest absolute Gasteiger partial charge is 0.391 e. The van der Waals surface area contributed by atoms with Crippen molar-refractivity contribution in [2.75, 3.05) is 6.61 Å². The summed E-state index contributed by atoms with van der Waals surface area (Å²) in [6.07, 6.45) is -7.78. The molecule has 2 atom stereocenters. The van der Waals surface area contributed by atoms with Crippen LogP contribution in [0.1, 0.15) is 13.8 Å². The Labute approximate surface area is 77.7 Å². The maximum Gasteiger partial charge on any atom is 0.455 e. The van der Waals surface area contributed by atoms with Crippen molar-refractivity contribution < 1.29 is 31.8 Å². The fraction of sp³-hybridized carbons (Fsp3) is 1.00. The van der Waals surface area contributed by atoms with Crippen molar-refractivity contribution in [1.29, 1.82) is 0 Å². The molecule has 1 unspecified atom stereocenters. The highest BCUT2D eigenvalue weighted by Crippen LogP contribution is 2.35. The van der Waals surface area contributed by atoms with Gasteiger partial charge in [-0.2, -0.15) is 22.0 Å². The quantitative estimate of drug-likeness (QED) is 0.737. The van der Waals surface area contributed by atoms with E-state index in [4.69, 9.17) is 5.11 Å². The molecule has 0 aliphatic rings. The minimum absolute atomic E-state index is 1.07. The van der Waals surface area contributed by atoms with Crippen molar-refractivity contribution in [3.63, 3.8) is 0 Å². The lowest BCUT2D eigenvalue weighted by Crippen LogP contribution is -2.42. The van der Waals surface area contributed by atoms with Crippen molar-refractivity contribution in [2.24, 2.45) is 0 Å². The van der Waals surface area contributed by atoms with Gasteiger partial charge in [0.1, 0.15) is 6.61 Å². The van der Waals surface area contributed by atoms with Crippen LogP contribution in [0, 0.1) is 0 Å². The number of aliphatic hydroxyl groups excluding tert-OH is 1. The van der Waals surface area contributed by atoms with Crippen molar-refractivity contribution in [3.05, 3.63) is 0 Å². The van der Waals surface area contributed by atoms with Gasteiger partial charge in [0, 0.05) is 0 Å². The summed E-state index contributed by atoms with van der Waals surface area (Å²) in [5.41, 5.74) is 0. The zero-order chi connectivity index (χ0) is 11.6. The first-order valence-electron chi connectivity index (χ1n) is 3.82. The van der Waals surface area contributed by atoms with Crippen LogP contribution in [-0.4, -0.2) is 36.0 Å². The Kier molecular flexibility index (Phi) is 4.26. The first-order valence-corrected chi connectivity index (χ1v) is 3.82. The second kappa shape index (κ2) is 4.39. The molecule has 0 fully saturated rings. The Balaban J connectivity index is 4.13. The third kappa shape index (κ3) is 3.75. The zero-order valence-corrected chi connectivity index (χ0v) is 7.61. The molecule has 0 saturated carbocycles. The van der Waals surface area contributed by atoms with Crippen LogP contribution >= 0.6 is 0 Å². The Bertz CT molecular complexity index is 177. The normalized spacial score (nSPS) is 18.0. The molecule has 0 aliphatic carbocycles. The molecule has 0 amide bonds. The summed E-state index contributed by atoms with van der Waals surface area (Å²) in [5.74, 6) is -4.88. The van der Waals surface area contributed by atoms with Crippen molar-refractivity contribution in [3.8, 4) is 0 Å². The average molecular weight is 222 g/mol. The second-order valence-electron chi connectivity index (χ2n) is 2.96. The second-order valence-corrected chi connectivity index (χ2v) is 2.96. The number of hydrogen-bond donors (Lipinski definition) is 1. The molecular weight excluding hydrogens is 211 g/mol. The number of rotatable bonds is 4. The molecule has 0 rings (SSSR count). The van der Waals surface area contributed by atoms with Crippen molar-refractivity contribution >= 4 is 0 Å². The summed E-state index contributed by atoms with van der Waals surface area (Å²) < 4.78 is 63.4. The van der Waals surface area contributed by atoms with Gasteiger partial charge in [-0.05, 0) is 13.8 Å². The maximum atomic E-state index is 12.2. The molecule has 86 valence electrons. The monoisotopic (exact) mass is 222 g/mol. The van der Waals surface area contributed by atoms with E-state index >= 15 is 0 Å². The summed E-state index contributed by atoms with van der Waals surface area (Å²) in [6, 6.07) is 0. The standard InChI is InChI=1S/C7H11F5O2/c1-4(13)5(2)14-3-6(8,9)7(10,11)12/h4-5,13H,3H2,1-2H3/t4-,5?/m0/s1. The predicted octanol–water partition coefficient (Wildman–Crippen LogP) is 1.97. The number of hydrogen-bond acceptors (Lipinski definition) is 2. The van der Waals surface area contributed by atoms with E-state index in [1.807, 2.05) is 0 Å². The van der Waals surface area contributed by atoms with E-state index in [0.717, 1.165) is 0 Å². The first kappa shape index (κ1) is 13.6. The molecule has 14 heavy (non-hydrogen) atoms. The Hall–Kier alpha value is -0.430. The molecule has 0 saturated heterocycles. The minimum Gasteiger partial charge on any atom is -0.391 e. The van der Waals surface area contributed by atoms with Gasteiger partial charge in [0.05, 0.1) is 12.2 Å². The van der Waals surface area contributed by atoms with Crippen molar-refractivity contribution in [2.45, 2.75) is 38.2 Å². The molecule has 0 radical (unpaired) electrons. The van der Waals surface area contributed by atoms with Crippen molar-refractivity contribution in [1.82, 2.24) is 0 Å². The molecule has 0 spiro atoms. The molecule has 1 N–H and O–H groups in total. The minimum atomic E-state index is -5.62. The molecule has 0 aromatic rings. The van der Waals surface area contributed by atoms with Gasteiger partial charge in [-0.1, -0.05) is 0 Å². The van der Waals surface area contributed by atoms with Crippen LogP contribution < -0.4 is 0 Å². The van der Waals surface area contributed by atoms with E-state index in [1.54, 1.807) is 0 Å². The fourth-order valence-corrected chi connectivity index (χ4v) is 0.457. The van der Waals surface area contributed by atoms with Gasteiger partial charge >= 0.3 is 12.1 Å². The number of halogens is 5. The summed E-state index contributed by atoms with van der Waals surface area (Å²) >= 11 is 0. The Morgan fingerprint density at radius 3 is 1.86 bits per heavy atom. The van der Waals surface area contributed by atoms with E-state index < -0.39 is 30.9 Å². The highest BCUT2D eigenvalue weighted by atomic mass is 19.4. The third-order valence-corrected chi connectivity index (χ3v) is 1.62. The summed E-state index contributed by atoms with van der Waals surface area (Å²) in [4.78, 5) is 0. The van der Waals surface area contributed by atoms with Gasteiger partial charge in [0.15, 0.2) is 0 Å². The number of ether oxygens (including phenoxy) is 1. The Morgan fingerprint density at radius 2 is 1.57 bits per heavy atom. The van der Waals surface area contributed by atoms with Crippen LogP contribution in [0.25, 0.3) is 0 Å². The fourth-order valence-electron chi connectivity index (χ4n) is 0.457. The van der Waals surface area contributed by atoms with Gasteiger partial charge in [0.25, 0.3) is 0 Å². The largest absolute Gasteiger partial charge is 0.455 e. The lowest BCUT2D eigenvalue weighted by Gasteiger charge is -2.22. The van der Waals surface area contributed by atoms with E-state index in [1.165, 1.54) is 13.8 Å². The van der Waals surface area contributed by atoms with Gasteiger partial charge < -0.3 is 9.84 Å². The van der Waals surface area contributed by atoms with E-state index in [-0.39, 0.29) is 0 Å². The van der Waals surface area contributed by atoms with Crippen LogP contribution in [0.3, 0.4) is 0 Å². The van der Waals surface area contributed by atoms with Crippen LogP contribution in [0.2, 0.25) is 0 Å². The van der Waals surface area contributed by atoms with Crippen LogP contribution in [0.15, 0.2) is 0 Å². The Morgan fingerprint density at radius 1 is 1.14 bits per heavy atom. The molecule has 0 heterocycles. The lowest BCUT2D eigenvalue weighted by molar-refractivity contribution is -0.301. The SMILES string of the molecule is CC(OCC(F)(F)C(F)(F)F)[C@H](C)O. The van der Waals surface area contributed by atoms with E-state index in [0.29, 0.717) is 0 Å². The first-order chi connectivity index (χ1) is 6.08. The molecule has 0 aromatic carbocycles. The van der Waals surface area contributed by atoms with Crippen LogP contribution in [0.5, 0.6) is 0 Å². The molecule has 0 bridgehead atoms. The molecular formula is C7H11F5O2. The predicted molar refractivity (Wildman–Crippen MR) is 38.1 cm³/mol. The van der Waals surface area contributed by atoms with Crippen LogP contribution in [0.4, 0.5) is 22.0 Å². The van der Waals surface area contributed by atoms with Gasteiger partial charge in [-0.25, -0.2) is 0 Å². The summed E-state index contributed by atoms with van der Waals surface area (Å²) in [5, 5.41) is 8.77. The molecule has 0 aliphatic heterocycles. The molecule has 2 nitrogen and oxygen atoms in total. The molecule has 7 heteroatoms. The van der Waals surface area contributed by atoms with Gasteiger partial charge in [-0.3, -0.25) is 0 Å². The van der Waals surface area contributed by atoms with E-state index in [2.05, 4.69) is 4.74 Å². The third-order valence-electron chi connectivity index (χ3n) is 1.62. The summed E-state index contributed by atoms with van der Waals surface area (Å²) in [7, 11) is 0. The highest BCUT2D eigenvalue weighted by Gasteiger charge is 2.57. The highest BCUT2D eigenvalue weighted by molar-refractivity contribution is 4.75. The maximum absolute atomic E-state index is 12.2. The molecule has 0 aromatic heterocycles.